The van der Waals surface area contributed by atoms with E-state index < -0.39 is 0 Å². The predicted molar refractivity (Wildman–Crippen MR) is 80.9 cm³/mol. The lowest BCUT2D eigenvalue weighted by atomic mass is 10.0. The highest BCUT2D eigenvalue weighted by Crippen LogP contribution is 2.16. The number of nitrogens with zero attached hydrogens (tertiary/aromatic N) is 1. The van der Waals surface area contributed by atoms with Crippen LogP contribution in [0.3, 0.4) is 0 Å². The summed E-state index contributed by atoms with van der Waals surface area (Å²) in [6.07, 6.45) is 0. The minimum atomic E-state index is 0. The monoisotopic (exact) mass is 348 g/mol. The van der Waals surface area contributed by atoms with Crippen molar-refractivity contribution < 1.29 is 9.53 Å². The summed E-state index contributed by atoms with van der Waals surface area (Å²) in [5.74, 6) is 1.18. The van der Waals surface area contributed by atoms with Gasteiger partial charge in [0.1, 0.15) is 12.4 Å². The first-order valence-corrected chi connectivity index (χ1v) is 6.80. The average molecular weight is 350 g/mol. The molecule has 1 heterocycles. The van der Waals surface area contributed by atoms with Gasteiger partial charge in [0.25, 0.3) is 0 Å². The molecule has 1 aliphatic heterocycles. The summed E-state index contributed by atoms with van der Waals surface area (Å²) in [4.78, 5) is 13.6. The molecular weight excluding hydrogens is 332 g/mol. The number of benzene rings is 1. The van der Waals surface area contributed by atoms with E-state index in [2.05, 4.69) is 21.2 Å². The Labute approximate surface area is 128 Å². The van der Waals surface area contributed by atoms with Gasteiger partial charge in [-0.05, 0) is 24.3 Å². The van der Waals surface area contributed by atoms with Crippen LogP contribution >= 0.6 is 28.3 Å². The largest absolute Gasteiger partial charge is 0.492 e. The summed E-state index contributed by atoms with van der Waals surface area (Å²) in [7, 11) is 1.82. The van der Waals surface area contributed by atoms with Gasteiger partial charge in [-0.3, -0.25) is 4.79 Å². The standard InChI is InChI=1S/C13H17BrN2O2.ClH/c1-16(13(17)10-8-15-9-10)6-7-18-12-4-2-11(14)3-5-12;/h2-5,10,15H,6-9H2,1H3;1H. The number of hydrogen-bond donors (Lipinski definition) is 1. The third-order valence-electron chi connectivity index (χ3n) is 3.02. The van der Waals surface area contributed by atoms with Gasteiger partial charge in [0.05, 0.1) is 12.5 Å². The third kappa shape index (κ3) is 4.67. The van der Waals surface area contributed by atoms with E-state index in [1.165, 1.54) is 0 Å². The molecule has 0 spiro atoms. The van der Waals surface area contributed by atoms with E-state index in [4.69, 9.17) is 4.74 Å². The molecule has 0 saturated carbocycles. The Morgan fingerprint density at radius 1 is 1.42 bits per heavy atom. The molecule has 1 aromatic carbocycles. The van der Waals surface area contributed by atoms with Crippen LogP contribution in [0.25, 0.3) is 0 Å². The van der Waals surface area contributed by atoms with Crippen molar-refractivity contribution in [3.8, 4) is 5.75 Å². The average Bonchev–Trinajstić information content (AvgIpc) is 2.29. The van der Waals surface area contributed by atoms with E-state index in [1.807, 2.05) is 31.3 Å². The Hall–Kier alpha value is -0.780. The summed E-state index contributed by atoms with van der Waals surface area (Å²) in [6, 6.07) is 7.68. The van der Waals surface area contributed by atoms with Crippen molar-refractivity contribution in [2.24, 2.45) is 5.92 Å². The first-order valence-electron chi connectivity index (χ1n) is 6.01. The van der Waals surface area contributed by atoms with Crippen molar-refractivity contribution in [1.82, 2.24) is 10.2 Å². The lowest BCUT2D eigenvalue weighted by Gasteiger charge is -2.30. The summed E-state index contributed by atoms with van der Waals surface area (Å²) >= 11 is 3.37. The van der Waals surface area contributed by atoms with Gasteiger partial charge in [0.2, 0.25) is 5.91 Å². The van der Waals surface area contributed by atoms with Gasteiger partial charge in [-0.2, -0.15) is 0 Å². The molecule has 106 valence electrons. The van der Waals surface area contributed by atoms with Gasteiger partial charge in [0.15, 0.2) is 0 Å². The number of ether oxygens (including phenoxy) is 1. The van der Waals surface area contributed by atoms with E-state index in [0.717, 1.165) is 23.3 Å². The van der Waals surface area contributed by atoms with E-state index in [-0.39, 0.29) is 24.2 Å². The molecule has 2 rings (SSSR count). The Bertz CT molecular complexity index is 410. The first kappa shape index (κ1) is 16.3. The highest BCUT2D eigenvalue weighted by molar-refractivity contribution is 9.10. The fraction of sp³-hybridized carbons (Fsp3) is 0.462. The van der Waals surface area contributed by atoms with Crippen LogP contribution in [0.15, 0.2) is 28.7 Å². The van der Waals surface area contributed by atoms with E-state index in [0.29, 0.717) is 13.2 Å². The predicted octanol–water partition coefficient (Wildman–Crippen LogP) is 1.93. The fourth-order valence-corrected chi connectivity index (χ4v) is 1.98. The molecule has 1 aromatic rings. The highest BCUT2D eigenvalue weighted by Gasteiger charge is 2.27. The zero-order valence-electron chi connectivity index (χ0n) is 10.8. The number of nitrogens with one attached hydrogen (secondary N) is 1. The smallest absolute Gasteiger partial charge is 0.228 e. The minimum absolute atomic E-state index is 0. The molecule has 1 amide bonds. The molecule has 4 nitrogen and oxygen atoms in total. The number of likely N-dealkylation sites (N-methyl/N-ethyl adjacent to an activating group) is 1. The van der Waals surface area contributed by atoms with Crippen LogP contribution in [0, 0.1) is 5.92 Å². The molecule has 1 N–H and O–H groups in total. The molecule has 0 radical (unpaired) electrons. The molecule has 1 fully saturated rings. The number of carbonyl (C=O) groups is 1. The number of hydrogen-bond acceptors (Lipinski definition) is 3. The normalized spacial score (nSPS) is 14.2. The van der Waals surface area contributed by atoms with Gasteiger partial charge in [-0.15, -0.1) is 12.4 Å². The maximum Gasteiger partial charge on any atom is 0.228 e. The third-order valence-corrected chi connectivity index (χ3v) is 3.54. The maximum atomic E-state index is 11.8. The summed E-state index contributed by atoms with van der Waals surface area (Å²) < 4.78 is 6.61. The fourth-order valence-electron chi connectivity index (χ4n) is 1.72. The van der Waals surface area contributed by atoms with Crippen molar-refractivity contribution in [2.45, 2.75) is 0 Å². The number of carbonyl (C=O) groups excluding carboxylic acids is 1. The Balaban J connectivity index is 0.00000180. The molecule has 0 bridgehead atoms. The topological polar surface area (TPSA) is 41.6 Å². The molecule has 1 saturated heterocycles. The van der Waals surface area contributed by atoms with Crippen LogP contribution in [0.4, 0.5) is 0 Å². The van der Waals surface area contributed by atoms with Crippen molar-refractivity contribution in [3.63, 3.8) is 0 Å². The SMILES string of the molecule is CN(CCOc1ccc(Br)cc1)C(=O)C1CNC1.Cl. The Morgan fingerprint density at radius 3 is 2.58 bits per heavy atom. The number of rotatable bonds is 5. The van der Waals surface area contributed by atoms with Crippen molar-refractivity contribution >= 4 is 34.2 Å². The highest BCUT2D eigenvalue weighted by atomic mass is 79.9. The summed E-state index contributed by atoms with van der Waals surface area (Å²) in [5.41, 5.74) is 0. The van der Waals surface area contributed by atoms with Crippen molar-refractivity contribution in [2.75, 3.05) is 33.3 Å². The summed E-state index contributed by atoms with van der Waals surface area (Å²) in [5, 5.41) is 3.10. The van der Waals surface area contributed by atoms with Gasteiger partial charge >= 0.3 is 0 Å². The quantitative estimate of drug-likeness (QED) is 0.883. The zero-order chi connectivity index (χ0) is 13.0. The van der Waals surface area contributed by atoms with Crippen LogP contribution in [0.2, 0.25) is 0 Å². The van der Waals surface area contributed by atoms with E-state index in [1.54, 1.807) is 4.90 Å². The van der Waals surface area contributed by atoms with Gasteiger partial charge in [-0.1, -0.05) is 15.9 Å². The molecule has 0 aliphatic carbocycles. The molecule has 6 heteroatoms. The number of halogens is 2. The number of amides is 1. The van der Waals surface area contributed by atoms with Gasteiger partial charge < -0.3 is 15.0 Å². The van der Waals surface area contributed by atoms with Crippen molar-refractivity contribution in [1.29, 1.82) is 0 Å². The molecular formula is C13H18BrClN2O2. The zero-order valence-corrected chi connectivity index (χ0v) is 13.2. The van der Waals surface area contributed by atoms with Crippen LogP contribution in [0.5, 0.6) is 5.75 Å². The summed E-state index contributed by atoms with van der Waals surface area (Å²) in [6.45, 7) is 2.74. The van der Waals surface area contributed by atoms with E-state index in [9.17, 15) is 4.79 Å². The molecule has 1 aliphatic rings. The molecule has 0 aromatic heterocycles. The van der Waals surface area contributed by atoms with Gasteiger partial charge in [0, 0.05) is 24.6 Å². The minimum Gasteiger partial charge on any atom is -0.492 e. The van der Waals surface area contributed by atoms with Crippen LogP contribution in [-0.2, 0) is 4.79 Å². The second kappa shape index (κ2) is 7.72. The molecule has 0 unspecified atom stereocenters. The second-order valence-corrected chi connectivity index (χ2v) is 5.33. The lowest BCUT2D eigenvalue weighted by Crippen LogP contribution is -2.51. The lowest BCUT2D eigenvalue weighted by molar-refractivity contribution is -0.136. The van der Waals surface area contributed by atoms with Crippen molar-refractivity contribution in [3.05, 3.63) is 28.7 Å². The molecule has 0 atom stereocenters. The maximum absolute atomic E-state index is 11.8. The van der Waals surface area contributed by atoms with Gasteiger partial charge in [-0.25, -0.2) is 0 Å². The Morgan fingerprint density at radius 2 is 2.05 bits per heavy atom. The second-order valence-electron chi connectivity index (χ2n) is 4.42. The van der Waals surface area contributed by atoms with Crippen LogP contribution < -0.4 is 10.1 Å². The van der Waals surface area contributed by atoms with E-state index >= 15 is 0 Å². The Kier molecular flexibility index (Phi) is 6.62. The molecule has 19 heavy (non-hydrogen) atoms. The first-order chi connectivity index (χ1) is 8.66. The van der Waals surface area contributed by atoms with Crippen LogP contribution in [-0.4, -0.2) is 44.1 Å². The van der Waals surface area contributed by atoms with Crippen LogP contribution in [0.1, 0.15) is 0 Å².